The summed E-state index contributed by atoms with van der Waals surface area (Å²) < 4.78 is 27.1. The molecule has 0 spiro atoms. The Morgan fingerprint density at radius 1 is 1.36 bits per heavy atom. The van der Waals surface area contributed by atoms with Crippen molar-refractivity contribution in [2.24, 2.45) is 16.8 Å². The molecule has 0 radical (unpaired) electrons. The van der Waals surface area contributed by atoms with Crippen LogP contribution >= 0.6 is 35.3 Å². The SMILES string of the molecule is CCNC(=NCCNS(=O)(=O)c1cccs1)N1CC(C)CC(C)C1.I. The number of nitrogens with zero attached hydrogens (tertiary/aromatic N) is 2. The highest BCUT2D eigenvalue weighted by molar-refractivity contribution is 14.0. The van der Waals surface area contributed by atoms with Crippen molar-refractivity contribution in [2.45, 2.75) is 31.4 Å². The van der Waals surface area contributed by atoms with E-state index in [1.807, 2.05) is 6.92 Å². The quantitative estimate of drug-likeness (QED) is 0.273. The van der Waals surface area contributed by atoms with E-state index in [-0.39, 0.29) is 24.0 Å². The zero-order valence-electron chi connectivity index (χ0n) is 15.1. The van der Waals surface area contributed by atoms with Crippen LogP contribution < -0.4 is 10.0 Å². The average Bonchev–Trinajstić information content (AvgIpc) is 3.04. The number of sulfonamides is 1. The maximum absolute atomic E-state index is 12.1. The van der Waals surface area contributed by atoms with Crippen molar-refractivity contribution in [1.29, 1.82) is 0 Å². The minimum absolute atomic E-state index is 0. The topological polar surface area (TPSA) is 73.8 Å². The molecule has 1 aromatic heterocycles. The van der Waals surface area contributed by atoms with Gasteiger partial charge in [0.2, 0.25) is 10.0 Å². The number of hydrogen-bond acceptors (Lipinski definition) is 4. The fraction of sp³-hybridized carbons (Fsp3) is 0.688. The van der Waals surface area contributed by atoms with E-state index in [1.54, 1.807) is 17.5 Å². The Bertz CT molecular complexity index is 625. The van der Waals surface area contributed by atoms with Crippen LogP contribution in [0.1, 0.15) is 27.2 Å². The summed E-state index contributed by atoms with van der Waals surface area (Å²) >= 11 is 1.22. The number of halogens is 1. The summed E-state index contributed by atoms with van der Waals surface area (Å²) in [5.41, 5.74) is 0. The second-order valence-electron chi connectivity index (χ2n) is 6.42. The van der Waals surface area contributed by atoms with E-state index >= 15 is 0 Å². The van der Waals surface area contributed by atoms with Crippen LogP contribution in [0.25, 0.3) is 0 Å². The summed E-state index contributed by atoms with van der Waals surface area (Å²) in [6.07, 6.45) is 1.25. The van der Waals surface area contributed by atoms with Crippen molar-refractivity contribution >= 4 is 51.3 Å². The minimum atomic E-state index is -3.40. The van der Waals surface area contributed by atoms with Gasteiger partial charge in [0.15, 0.2) is 5.96 Å². The van der Waals surface area contributed by atoms with Crippen LogP contribution in [-0.2, 0) is 10.0 Å². The van der Waals surface area contributed by atoms with Crippen LogP contribution in [0, 0.1) is 11.8 Å². The Morgan fingerprint density at radius 3 is 2.60 bits per heavy atom. The maximum Gasteiger partial charge on any atom is 0.250 e. The van der Waals surface area contributed by atoms with Crippen LogP contribution in [0.4, 0.5) is 0 Å². The summed E-state index contributed by atoms with van der Waals surface area (Å²) in [7, 11) is -3.40. The van der Waals surface area contributed by atoms with E-state index < -0.39 is 10.0 Å². The lowest BCUT2D eigenvalue weighted by molar-refractivity contribution is 0.208. The highest BCUT2D eigenvalue weighted by Crippen LogP contribution is 2.20. The van der Waals surface area contributed by atoms with Crippen molar-refractivity contribution in [2.75, 3.05) is 32.7 Å². The number of rotatable bonds is 6. The van der Waals surface area contributed by atoms with Gasteiger partial charge in [0.25, 0.3) is 0 Å². The fourth-order valence-electron chi connectivity index (χ4n) is 3.09. The summed E-state index contributed by atoms with van der Waals surface area (Å²) in [5.74, 6) is 2.18. The zero-order chi connectivity index (χ0) is 17.6. The van der Waals surface area contributed by atoms with E-state index in [2.05, 4.69) is 33.8 Å². The molecule has 1 aromatic rings. The molecule has 25 heavy (non-hydrogen) atoms. The number of likely N-dealkylation sites (tertiary alicyclic amines) is 1. The van der Waals surface area contributed by atoms with Crippen molar-refractivity contribution in [3.8, 4) is 0 Å². The van der Waals surface area contributed by atoms with Gasteiger partial charge in [-0.05, 0) is 36.6 Å². The van der Waals surface area contributed by atoms with Gasteiger partial charge in [-0.15, -0.1) is 35.3 Å². The molecule has 1 fully saturated rings. The van der Waals surface area contributed by atoms with Crippen LogP contribution in [0.15, 0.2) is 26.7 Å². The summed E-state index contributed by atoms with van der Waals surface area (Å²) in [6, 6.07) is 3.34. The first kappa shape index (κ1) is 22.7. The molecule has 9 heteroatoms. The van der Waals surface area contributed by atoms with Crippen LogP contribution in [-0.4, -0.2) is 52.0 Å². The molecule has 1 saturated heterocycles. The second-order valence-corrected chi connectivity index (χ2v) is 9.36. The van der Waals surface area contributed by atoms with Crippen LogP contribution in [0.3, 0.4) is 0 Å². The molecular weight excluding hydrogens is 471 g/mol. The molecule has 6 nitrogen and oxygen atoms in total. The third kappa shape index (κ3) is 7.03. The van der Waals surface area contributed by atoms with Gasteiger partial charge in [0, 0.05) is 26.2 Å². The third-order valence-electron chi connectivity index (χ3n) is 3.93. The molecule has 2 rings (SSSR count). The largest absolute Gasteiger partial charge is 0.357 e. The smallest absolute Gasteiger partial charge is 0.250 e. The molecule has 0 aromatic carbocycles. The molecule has 1 aliphatic heterocycles. The van der Waals surface area contributed by atoms with Crippen molar-refractivity contribution in [1.82, 2.24) is 14.9 Å². The molecule has 0 aliphatic carbocycles. The molecular formula is C16H29IN4O2S2. The van der Waals surface area contributed by atoms with Crippen molar-refractivity contribution in [3.05, 3.63) is 17.5 Å². The number of piperidine rings is 1. The first-order chi connectivity index (χ1) is 11.4. The molecule has 0 amide bonds. The first-order valence-electron chi connectivity index (χ1n) is 8.48. The normalized spacial score (nSPS) is 21.7. The Balaban J connectivity index is 0.00000312. The van der Waals surface area contributed by atoms with Gasteiger partial charge in [0.05, 0.1) is 6.54 Å². The molecule has 2 N–H and O–H groups in total. The Morgan fingerprint density at radius 2 is 2.04 bits per heavy atom. The van der Waals surface area contributed by atoms with E-state index in [4.69, 9.17) is 0 Å². The highest BCUT2D eigenvalue weighted by atomic mass is 127. The standard InChI is InChI=1S/C16H28N4O2S2.HI/c1-4-17-16(20-11-13(2)10-14(3)12-20)18-7-8-19-24(21,22)15-6-5-9-23-15;/h5-6,9,13-14,19H,4,7-8,10-12H2,1-3H3,(H,17,18);1H. The Kier molecular flexibility index (Phi) is 9.68. The molecule has 144 valence electrons. The van der Waals surface area contributed by atoms with Gasteiger partial charge < -0.3 is 10.2 Å². The number of nitrogens with one attached hydrogen (secondary N) is 2. The molecule has 0 saturated carbocycles. The minimum Gasteiger partial charge on any atom is -0.357 e. The second kappa shape index (κ2) is 10.7. The predicted octanol–water partition coefficient (Wildman–Crippen LogP) is 2.59. The van der Waals surface area contributed by atoms with E-state index in [0.717, 1.165) is 25.6 Å². The number of aliphatic imine (C=N–C) groups is 1. The molecule has 2 unspecified atom stereocenters. The van der Waals surface area contributed by atoms with Gasteiger partial charge >= 0.3 is 0 Å². The van der Waals surface area contributed by atoms with Crippen molar-refractivity contribution in [3.63, 3.8) is 0 Å². The lowest BCUT2D eigenvalue weighted by Crippen LogP contribution is -2.48. The highest BCUT2D eigenvalue weighted by Gasteiger charge is 2.24. The molecule has 2 atom stereocenters. The number of guanidine groups is 1. The lowest BCUT2D eigenvalue weighted by atomic mass is 9.92. The number of hydrogen-bond donors (Lipinski definition) is 2. The van der Waals surface area contributed by atoms with E-state index in [1.165, 1.54) is 17.8 Å². The Labute approximate surface area is 172 Å². The van der Waals surface area contributed by atoms with Crippen LogP contribution in [0.5, 0.6) is 0 Å². The summed E-state index contributed by atoms with van der Waals surface area (Å²) in [5, 5.41) is 5.08. The van der Waals surface area contributed by atoms with Crippen LogP contribution in [0.2, 0.25) is 0 Å². The van der Waals surface area contributed by atoms with Gasteiger partial charge in [-0.2, -0.15) is 0 Å². The summed E-state index contributed by atoms with van der Waals surface area (Å²) in [6.45, 7) is 10.1. The fourth-order valence-corrected chi connectivity index (χ4v) is 5.15. The monoisotopic (exact) mass is 500 g/mol. The molecule has 2 heterocycles. The maximum atomic E-state index is 12.1. The molecule has 0 bridgehead atoms. The van der Waals surface area contributed by atoms with Gasteiger partial charge in [-0.1, -0.05) is 19.9 Å². The number of thiophene rings is 1. The average molecular weight is 500 g/mol. The zero-order valence-corrected chi connectivity index (χ0v) is 19.0. The summed E-state index contributed by atoms with van der Waals surface area (Å²) in [4.78, 5) is 6.89. The van der Waals surface area contributed by atoms with Gasteiger partial charge in [0.1, 0.15) is 4.21 Å². The first-order valence-corrected chi connectivity index (χ1v) is 10.8. The van der Waals surface area contributed by atoms with Crippen molar-refractivity contribution < 1.29 is 8.42 Å². The van der Waals surface area contributed by atoms with E-state index in [0.29, 0.717) is 29.1 Å². The Hall–Kier alpha value is -0.390. The third-order valence-corrected chi connectivity index (χ3v) is 6.79. The predicted molar refractivity (Wildman–Crippen MR) is 115 cm³/mol. The van der Waals surface area contributed by atoms with Gasteiger partial charge in [-0.3, -0.25) is 4.99 Å². The van der Waals surface area contributed by atoms with E-state index in [9.17, 15) is 8.42 Å². The lowest BCUT2D eigenvalue weighted by Gasteiger charge is -2.37. The van der Waals surface area contributed by atoms with Gasteiger partial charge in [-0.25, -0.2) is 13.1 Å². The molecule has 1 aliphatic rings.